The highest BCUT2D eigenvalue weighted by Gasteiger charge is 2.13. The second kappa shape index (κ2) is 6.69. The summed E-state index contributed by atoms with van der Waals surface area (Å²) >= 11 is 3.47. The molecule has 0 radical (unpaired) electrons. The third-order valence-electron chi connectivity index (χ3n) is 2.77. The van der Waals surface area contributed by atoms with Crippen LogP contribution in [-0.4, -0.2) is 5.91 Å². The third kappa shape index (κ3) is 3.63. The highest BCUT2D eigenvalue weighted by Crippen LogP contribution is 2.16. The Kier molecular flexibility index (Phi) is 5.53. The molecule has 1 rings (SSSR count). The fourth-order valence-electron chi connectivity index (χ4n) is 1.63. The summed E-state index contributed by atoms with van der Waals surface area (Å²) in [5, 5.41) is 2.97. The number of hydrogen-bond acceptors (Lipinski definition) is 1. The van der Waals surface area contributed by atoms with Crippen molar-refractivity contribution in [2.24, 2.45) is 5.92 Å². The van der Waals surface area contributed by atoms with E-state index in [2.05, 4.69) is 21.2 Å². The van der Waals surface area contributed by atoms with Crippen LogP contribution in [0.2, 0.25) is 0 Å². The van der Waals surface area contributed by atoms with E-state index in [0.29, 0.717) is 6.54 Å². The van der Waals surface area contributed by atoms with Crippen molar-refractivity contribution >= 4 is 21.8 Å². The number of carbonyl (C=O) groups excluding carboxylic acids is 1. The van der Waals surface area contributed by atoms with Gasteiger partial charge < -0.3 is 5.32 Å². The molecule has 1 N–H and O–H groups in total. The molecule has 0 aliphatic heterocycles. The SMILES string of the molecule is CCC(CC)C(=O)NCc1ccccc1Br. The number of amides is 1. The van der Waals surface area contributed by atoms with E-state index in [1.54, 1.807) is 0 Å². The molecule has 0 saturated heterocycles. The number of carbonyl (C=O) groups is 1. The van der Waals surface area contributed by atoms with Crippen molar-refractivity contribution in [2.75, 3.05) is 0 Å². The molecule has 1 amide bonds. The highest BCUT2D eigenvalue weighted by atomic mass is 79.9. The van der Waals surface area contributed by atoms with Gasteiger partial charge in [0.05, 0.1) is 0 Å². The number of halogens is 1. The first kappa shape index (κ1) is 13.2. The van der Waals surface area contributed by atoms with Crippen LogP contribution in [0.5, 0.6) is 0 Å². The van der Waals surface area contributed by atoms with Crippen LogP contribution in [0.1, 0.15) is 32.3 Å². The van der Waals surface area contributed by atoms with E-state index in [1.807, 2.05) is 38.1 Å². The van der Waals surface area contributed by atoms with E-state index in [-0.39, 0.29) is 11.8 Å². The maximum Gasteiger partial charge on any atom is 0.223 e. The summed E-state index contributed by atoms with van der Waals surface area (Å²) in [6.45, 7) is 4.69. The molecule has 0 aromatic heterocycles. The quantitative estimate of drug-likeness (QED) is 0.881. The molecule has 1 aromatic rings. The zero-order valence-corrected chi connectivity index (χ0v) is 11.4. The van der Waals surface area contributed by atoms with Gasteiger partial charge in [0.15, 0.2) is 0 Å². The minimum atomic E-state index is 0.141. The molecule has 3 heteroatoms. The van der Waals surface area contributed by atoms with Gasteiger partial charge in [0.2, 0.25) is 5.91 Å². The molecule has 0 saturated carbocycles. The lowest BCUT2D eigenvalue weighted by atomic mass is 10.0. The van der Waals surface area contributed by atoms with Crippen molar-refractivity contribution in [3.05, 3.63) is 34.3 Å². The van der Waals surface area contributed by atoms with Gasteiger partial charge in [-0.15, -0.1) is 0 Å². The summed E-state index contributed by atoms with van der Waals surface area (Å²) in [5.74, 6) is 0.295. The molecule has 0 atom stereocenters. The zero-order valence-electron chi connectivity index (χ0n) is 9.79. The smallest absolute Gasteiger partial charge is 0.223 e. The highest BCUT2D eigenvalue weighted by molar-refractivity contribution is 9.10. The number of rotatable bonds is 5. The predicted molar refractivity (Wildman–Crippen MR) is 70.1 cm³/mol. The first-order valence-corrected chi connectivity index (χ1v) is 6.49. The van der Waals surface area contributed by atoms with Crippen molar-refractivity contribution in [2.45, 2.75) is 33.2 Å². The van der Waals surface area contributed by atoms with E-state index in [0.717, 1.165) is 22.9 Å². The number of benzene rings is 1. The Morgan fingerprint density at radius 1 is 1.31 bits per heavy atom. The Labute approximate surface area is 106 Å². The topological polar surface area (TPSA) is 29.1 Å². The second-order valence-corrected chi connectivity index (χ2v) is 4.68. The van der Waals surface area contributed by atoms with Crippen molar-refractivity contribution in [3.8, 4) is 0 Å². The lowest BCUT2D eigenvalue weighted by Crippen LogP contribution is -2.29. The van der Waals surface area contributed by atoms with Gasteiger partial charge in [0, 0.05) is 16.9 Å². The average molecular weight is 284 g/mol. The zero-order chi connectivity index (χ0) is 12.0. The molecule has 16 heavy (non-hydrogen) atoms. The summed E-state index contributed by atoms with van der Waals surface area (Å²) in [5.41, 5.74) is 1.11. The van der Waals surface area contributed by atoms with Gasteiger partial charge in [-0.3, -0.25) is 4.79 Å². The van der Waals surface area contributed by atoms with Gasteiger partial charge in [-0.25, -0.2) is 0 Å². The summed E-state index contributed by atoms with van der Waals surface area (Å²) in [6, 6.07) is 7.94. The minimum Gasteiger partial charge on any atom is -0.352 e. The molecule has 0 bridgehead atoms. The molecule has 0 fully saturated rings. The molecule has 0 unspecified atom stereocenters. The molecule has 2 nitrogen and oxygen atoms in total. The van der Waals surface area contributed by atoms with E-state index in [9.17, 15) is 4.79 Å². The Morgan fingerprint density at radius 2 is 1.94 bits per heavy atom. The van der Waals surface area contributed by atoms with E-state index >= 15 is 0 Å². The monoisotopic (exact) mass is 283 g/mol. The summed E-state index contributed by atoms with van der Waals surface area (Å²) < 4.78 is 1.04. The van der Waals surface area contributed by atoms with Gasteiger partial charge >= 0.3 is 0 Å². The van der Waals surface area contributed by atoms with Gasteiger partial charge in [0.1, 0.15) is 0 Å². The van der Waals surface area contributed by atoms with E-state index in [4.69, 9.17) is 0 Å². The summed E-state index contributed by atoms with van der Waals surface area (Å²) in [4.78, 5) is 11.8. The van der Waals surface area contributed by atoms with Crippen LogP contribution < -0.4 is 5.32 Å². The molecular formula is C13H18BrNO. The standard InChI is InChI=1S/C13H18BrNO/c1-3-10(4-2)13(16)15-9-11-7-5-6-8-12(11)14/h5-8,10H,3-4,9H2,1-2H3,(H,15,16). The average Bonchev–Trinajstić information content (AvgIpc) is 2.29. The van der Waals surface area contributed by atoms with Gasteiger partial charge in [-0.2, -0.15) is 0 Å². The maximum atomic E-state index is 11.8. The number of nitrogens with one attached hydrogen (secondary N) is 1. The second-order valence-electron chi connectivity index (χ2n) is 3.82. The van der Waals surface area contributed by atoms with Crippen molar-refractivity contribution in [1.29, 1.82) is 0 Å². The van der Waals surface area contributed by atoms with Crippen molar-refractivity contribution in [3.63, 3.8) is 0 Å². The first-order valence-electron chi connectivity index (χ1n) is 5.70. The minimum absolute atomic E-state index is 0.141. The normalized spacial score (nSPS) is 10.5. The first-order chi connectivity index (χ1) is 7.69. The Balaban J connectivity index is 2.52. The Bertz CT molecular complexity index is 348. The van der Waals surface area contributed by atoms with Gasteiger partial charge in [-0.05, 0) is 24.5 Å². The maximum absolute atomic E-state index is 11.8. The lowest BCUT2D eigenvalue weighted by molar-refractivity contribution is -0.125. The van der Waals surface area contributed by atoms with Crippen LogP contribution in [0.3, 0.4) is 0 Å². The summed E-state index contributed by atoms with van der Waals surface area (Å²) in [7, 11) is 0. The fourth-order valence-corrected chi connectivity index (χ4v) is 2.05. The Morgan fingerprint density at radius 3 is 2.50 bits per heavy atom. The predicted octanol–water partition coefficient (Wildman–Crippen LogP) is 3.50. The third-order valence-corrected chi connectivity index (χ3v) is 3.54. The van der Waals surface area contributed by atoms with Crippen LogP contribution >= 0.6 is 15.9 Å². The van der Waals surface area contributed by atoms with Gasteiger partial charge in [-0.1, -0.05) is 48.0 Å². The van der Waals surface area contributed by atoms with Crippen LogP contribution in [0.4, 0.5) is 0 Å². The van der Waals surface area contributed by atoms with Gasteiger partial charge in [0.25, 0.3) is 0 Å². The summed E-state index contributed by atoms with van der Waals surface area (Å²) in [6.07, 6.45) is 1.80. The van der Waals surface area contributed by atoms with Crippen molar-refractivity contribution in [1.82, 2.24) is 5.32 Å². The molecule has 88 valence electrons. The molecule has 0 aliphatic carbocycles. The van der Waals surface area contributed by atoms with Crippen LogP contribution in [0, 0.1) is 5.92 Å². The fraction of sp³-hybridized carbons (Fsp3) is 0.462. The molecular weight excluding hydrogens is 266 g/mol. The van der Waals surface area contributed by atoms with E-state index < -0.39 is 0 Å². The molecule has 0 spiro atoms. The van der Waals surface area contributed by atoms with Crippen LogP contribution in [0.15, 0.2) is 28.7 Å². The molecule has 0 heterocycles. The molecule has 1 aromatic carbocycles. The Hall–Kier alpha value is -0.830. The van der Waals surface area contributed by atoms with Crippen molar-refractivity contribution < 1.29 is 4.79 Å². The lowest BCUT2D eigenvalue weighted by Gasteiger charge is -2.13. The molecule has 0 aliphatic rings. The van der Waals surface area contributed by atoms with E-state index in [1.165, 1.54) is 0 Å². The van der Waals surface area contributed by atoms with Crippen LogP contribution in [0.25, 0.3) is 0 Å². The number of hydrogen-bond donors (Lipinski definition) is 1. The largest absolute Gasteiger partial charge is 0.352 e. The van der Waals surface area contributed by atoms with Crippen LogP contribution in [-0.2, 0) is 11.3 Å².